The van der Waals surface area contributed by atoms with E-state index in [1.807, 2.05) is 0 Å². The fourth-order valence-electron chi connectivity index (χ4n) is 5.45. The molecular weight excluding hydrogens is 471 g/mol. The van der Waals surface area contributed by atoms with E-state index in [1.54, 1.807) is 6.92 Å². The minimum absolute atomic E-state index is 0.00839. The fourth-order valence-corrected chi connectivity index (χ4v) is 6.28. The van der Waals surface area contributed by atoms with Crippen molar-refractivity contribution >= 4 is 21.6 Å². The molecule has 0 bridgehead atoms. The van der Waals surface area contributed by atoms with Gasteiger partial charge in [-0.3, -0.25) is 4.79 Å². The predicted octanol–water partition coefficient (Wildman–Crippen LogP) is 3.79. The van der Waals surface area contributed by atoms with Crippen molar-refractivity contribution in [1.29, 1.82) is 0 Å². The van der Waals surface area contributed by atoms with E-state index in [9.17, 15) is 17.6 Å². The SMILES string of the molecule is Cc1c(C(=O)NC2CC(C)(C)NC(C)(C)C2)oc2c1/C(=N/NS(=O)(=O)c1ccc(F)cc1)CCC2. The molecule has 2 aromatic rings. The summed E-state index contributed by atoms with van der Waals surface area (Å²) in [4.78, 5) is 15.4. The van der Waals surface area contributed by atoms with Crippen LogP contribution in [0.5, 0.6) is 0 Å². The number of fused-ring (bicyclic) bond motifs is 1. The first kappa shape index (κ1) is 25.4. The summed E-state index contributed by atoms with van der Waals surface area (Å²) in [6.45, 7) is 10.3. The smallest absolute Gasteiger partial charge is 0.287 e. The summed E-state index contributed by atoms with van der Waals surface area (Å²) in [6.07, 6.45) is 3.48. The van der Waals surface area contributed by atoms with E-state index >= 15 is 0 Å². The molecule has 0 unspecified atom stereocenters. The molecule has 0 atom stereocenters. The Bertz CT molecular complexity index is 1250. The summed E-state index contributed by atoms with van der Waals surface area (Å²) in [5.74, 6) is 0.0648. The molecule has 1 fully saturated rings. The van der Waals surface area contributed by atoms with Crippen LogP contribution in [0.2, 0.25) is 0 Å². The second-order valence-electron chi connectivity index (χ2n) is 10.8. The Kier molecular flexibility index (Phi) is 6.56. The lowest BCUT2D eigenvalue weighted by Crippen LogP contribution is -2.62. The number of furan rings is 1. The molecule has 4 rings (SSSR count). The third-order valence-electron chi connectivity index (χ3n) is 6.48. The van der Waals surface area contributed by atoms with Crippen LogP contribution >= 0.6 is 0 Å². The first-order valence-electron chi connectivity index (χ1n) is 11.8. The topological polar surface area (TPSA) is 113 Å². The van der Waals surface area contributed by atoms with E-state index in [0.717, 1.165) is 31.4 Å². The van der Waals surface area contributed by atoms with Crippen LogP contribution in [0, 0.1) is 12.7 Å². The lowest BCUT2D eigenvalue weighted by atomic mass is 9.79. The Morgan fingerprint density at radius 1 is 1.11 bits per heavy atom. The zero-order valence-corrected chi connectivity index (χ0v) is 21.6. The Morgan fingerprint density at radius 2 is 1.74 bits per heavy atom. The number of halogens is 1. The number of hydrazone groups is 1. The molecule has 1 aliphatic carbocycles. The zero-order chi connectivity index (χ0) is 25.6. The number of sulfonamides is 1. The van der Waals surface area contributed by atoms with Crippen molar-refractivity contribution in [3.8, 4) is 0 Å². The van der Waals surface area contributed by atoms with Gasteiger partial charge in [0.1, 0.15) is 11.6 Å². The van der Waals surface area contributed by atoms with Gasteiger partial charge in [-0.2, -0.15) is 18.4 Å². The summed E-state index contributed by atoms with van der Waals surface area (Å²) < 4.78 is 44.3. The third kappa shape index (κ3) is 5.59. The first-order chi connectivity index (χ1) is 16.3. The highest BCUT2D eigenvalue weighted by molar-refractivity contribution is 7.89. The summed E-state index contributed by atoms with van der Waals surface area (Å²) in [5.41, 5.74) is 1.61. The minimum atomic E-state index is -3.96. The summed E-state index contributed by atoms with van der Waals surface area (Å²) in [5, 5.41) is 10.9. The molecule has 1 saturated heterocycles. The molecule has 2 heterocycles. The van der Waals surface area contributed by atoms with Gasteiger partial charge < -0.3 is 15.1 Å². The minimum Gasteiger partial charge on any atom is -0.455 e. The maximum Gasteiger partial charge on any atom is 0.287 e. The van der Waals surface area contributed by atoms with Gasteiger partial charge in [-0.05, 0) is 84.6 Å². The Balaban J connectivity index is 1.55. The Morgan fingerprint density at radius 3 is 2.37 bits per heavy atom. The van der Waals surface area contributed by atoms with E-state index < -0.39 is 15.8 Å². The molecule has 0 spiro atoms. The average Bonchev–Trinajstić information content (AvgIpc) is 3.08. The quantitative estimate of drug-likeness (QED) is 0.537. The van der Waals surface area contributed by atoms with Gasteiger partial charge in [0, 0.05) is 34.7 Å². The molecule has 2 aliphatic rings. The van der Waals surface area contributed by atoms with Crippen molar-refractivity contribution in [2.75, 3.05) is 0 Å². The lowest BCUT2D eigenvalue weighted by Gasteiger charge is -2.46. The van der Waals surface area contributed by atoms with E-state index in [1.165, 1.54) is 12.1 Å². The van der Waals surface area contributed by atoms with Crippen LogP contribution in [0.3, 0.4) is 0 Å². The van der Waals surface area contributed by atoms with Gasteiger partial charge in [0.25, 0.3) is 15.9 Å². The van der Waals surface area contributed by atoms with E-state index in [0.29, 0.717) is 35.4 Å². The second kappa shape index (κ2) is 9.05. The van der Waals surface area contributed by atoms with Crippen LogP contribution in [0.4, 0.5) is 4.39 Å². The molecule has 1 aromatic heterocycles. The molecule has 0 radical (unpaired) electrons. The van der Waals surface area contributed by atoms with Gasteiger partial charge in [-0.25, -0.2) is 4.39 Å². The number of nitrogens with zero attached hydrogens (tertiary/aromatic N) is 1. The highest BCUT2D eigenvalue weighted by atomic mass is 32.2. The summed E-state index contributed by atoms with van der Waals surface area (Å²) in [6, 6.07) is 4.51. The maximum atomic E-state index is 13.2. The van der Waals surface area contributed by atoms with Crippen LogP contribution < -0.4 is 15.5 Å². The molecule has 190 valence electrons. The molecular formula is C25H33FN4O4S. The van der Waals surface area contributed by atoms with Crippen LogP contribution in [-0.2, 0) is 16.4 Å². The van der Waals surface area contributed by atoms with Crippen LogP contribution in [-0.4, -0.2) is 37.2 Å². The maximum absolute atomic E-state index is 13.2. The lowest BCUT2D eigenvalue weighted by molar-refractivity contribution is 0.0843. The fraction of sp³-hybridized carbons (Fsp3) is 0.520. The number of hydrogen-bond acceptors (Lipinski definition) is 6. The second-order valence-corrected chi connectivity index (χ2v) is 12.4. The van der Waals surface area contributed by atoms with Crippen molar-refractivity contribution in [3.63, 3.8) is 0 Å². The molecule has 0 saturated carbocycles. The predicted molar refractivity (Wildman–Crippen MR) is 131 cm³/mol. The number of hydrogen-bond donors (Lipinski definition) is 3. The van der Waals surface area contributed by atoms with Gasteiger partial charge >= 0.3 is 0 Å². The summed E-state index contributed by atoms with van der Waals surface area (Å²) in [7, 11) is -3.96. The number of aryl methyl sites for hydroxylation is 1. The van der Waals surface area contributed by atoms with Gasteiger partial charge in [-0.15, -0.1) is 0 Å². The highest BCUT2D eigenvalue weighted by Gasteiger charge is 2.39. The van der Waals surface area contributed by atoms with Gasteiger partial charge in [0.2, 0.25) is 0 Å². The monoisotopic (exact) mass is 504 g/mol. The Hall–Kier alpha value is -2.72. The number of rotatable bonds is 5. The number of amides is 1. The van der Waals surface area contributed by atoms with E-state index in [2.05, 4.69) is 48.3 Å². The van der Waals surface area contributed by atoms with Crippen LogP contribution in [0.1, 0.15) is 80.8 Å². The van der Waals surface area contributed by atoms with Crippen molar-refractivity contribution in [1.82, 2.24) is 15.5 Å². The number of benzene rings is 1. The molecule has 1 aliphatic heterocycles. The molecule has 8 nitrogen and oxygen atoms in total. The number of carbonyl (C=O) groups is 1. The standard InChI is InChI=1S/C25H33FN4O4S/c1-15-21-19(28-30-35(32,33)18-11-9-16(26)10-12-18)7-6-8-20(21)34-22(15)23(31)27-17-13-24(2,3)29-25(4,5)14-17/h9-12,17,29-30H,6-8,13-14H2,1-5H3,(H,27,31)/b28-19+. The number of nitrogens with one attached hydrogen (secondary N) is 3. The van der Waals surface area contributed by atoms with Gasteiger partial charge in [0.05, 0.1) is 10.6 Å². The van der Waals surface area contributed by atoms with Crippen LogP contribution in [0.25, 0.3) is 0 Å². The summed E-state index contributed by atoms with van der Waals surface area (Å²) >= 11 is 0. The van der Waals surface area contributed by atoms with Crippen molar-refractivity contribution < 1.29 is 22.0 Å². The van der Waals surface area contributed by atoms with Gasteiger partial charge in [0.15, 0.2) is 5.76 Å². The average molecular weight is 505 g/mol. The first-order valence-corrected chi connectivity index (χ1v) is 13.3. The number of piperidine rings is 1. The molecule has 10 heteroatoms. The Labute approximate surface area is 205 Å². The van der Waals surface area contributed by atoms with Crippen LogP contribution in [0.15, 0.2) is 38.7 Å². The third-order valence-corrected chi connectivity index (χ3v) is 7.71. The largest absolute Gasteiger partial charge is 0.455 e. The van der Waals surface area contributed by atoms with Crippen molar-refractivity contribution in [3.05, 3.63) is 52.7 Å². The normalized spacial score (nSPS) is 20.9. The van der Waals surface area contributed by atoms with E-state index in [4.69, 9.17) is 4.42 Å². The molecule has 35 heavy (non-hydrogen) atoms. The molecule has 3 N–H and O–H groups in total. The molecule has 1 amide bonds. The van der Waals surface area contributed by atoms with Crippen molar-refractivity contribution in [2.24, 2.45) is 5.10 Å². The molecule has 1 aromatic carbocycles. The highest BCUT2D eigenvalue weighted by Crippen LogP contribution is 2.32. The zero-order valence-electron chi connectivity index (χ0n) is 20.8. The van der Waals surface area contributed by atoms with Gasteiger partial charge in [-0.1, -0.05) is 0 Å². The van der Waals surface area contributed by atoms with E-state index in [-0.39, 0.29) is 33.7 Å². The number of carbonyl (C=O) groups excluding carboxylic acids is 1. The van der Waals surface area contributed by atoms with Crippen molar-refractivity contribution in [2.45, 2.75) is 88.7 Å².